The van der Waals surface area contributed by atoms with Gasteiger partial charge in [0, 0.05) is 0 Å². The Morgan fingerprint density at radius 2 is 1.41 bits per heavy atom. The summed E-state index contributed by atoms with van der Waals surface area (Å²) >= 11 is 0. The van der Waals surface area contributed by atoms with E-state index in [1.807, 2.05) is 0 Å². The zero-order valence-corrected chi connectivity index (χ0v) is 15.2. The highest BCUT2D eigenvalue weighted by atomic mass is 14.1. The molecule has 0 heterocycles. The minimum Gasteiger partial charge on any atom is -0.0710 e. The third-order valence-corrected chi connectivity index (χ3v) is 4.90. The molecule has 0 fully saturated rings. The molecule has 22 heavy (non-hydrogen) atoms. The SMILES string of the molecule is Cc1ccccc1B(c1c(C)ccc(C(C)C)c1C)C(C)C. The molecule has 0 saturated heterocycles. The second-order valence-corrected chi connectivity index (χ2v) is 7.24. The van der Waals surface area contributed by atoms with E-state index in [1.165, 1.54) is 33.2 Å². The van der Waals surface area contributed by atoms with Crippen molar-refractivity contribution in [3.63, 3.8) is 0 Å². The van der Waals surface area contributed by atoms with Gasteiger partial charge in [0.1, 0.15) is 0 Å². The number of hydrogen-bond donors (Lipinski definition) is 0. The van der Waals surface area contributed by atoms with Crippen LogP contribution in [0.15, 0.2) is 36.4 Å². The molecule has 0 spiro atoms. The molecule has 0 N–H and O–H groups in total. The van der Waals surface area contributed by atoms with Crippen molar-refractivity contribution in [1.29, 1.82) is 0 Å². The van der Waals surface area contributed by atoms with Gasteiger partial charge in [0.2, 0.25) is 6.71 Å². The van der Waals surface area contributed by atoms with Crippen molar-refractivity contribution in [3.05, 3.63) is 58.7 Å². The van der Waals surface area contributed by atoms with Gasteiger partial charge in [-0.05, 0) is 32.3 Å². The molecule has 0 unspecified atom stereocenters. The summed E-state index contributed by atoms with van der Waals surface area (Å²) < 4.78 is 0. The van der Waals surface area contributed by atoms with Gasteiger partial charge in [-0.25, -0.2) is 0 Å². The molecule has 0 aliphatic rings. The van der Waals surface area contributed by atoms with E-state index in [2.05, 4.69) is 84.9 Å². The van der Waals surface area contributed by atoms with Crippen LogP contribution in [0.5, 0.6) is 0 Å². The molecule has 0 nitrogen and oxygen atoms in total. The van der Waals surface area contributed by atoms with Crippen LogP contribution < -0.4 is 10.9 Å². The minimum absolute atomic E-state index is 0.472. The molecule has 0 atom stereocenters. The zero-order valence-electron chi connectivity index (χ0n) is 15.2. The summed E-state index contributed by atoms with van der Waals surface area (Å²) in [7, 11) is 0. The molecule has 0 radical (unpaired) electrons. The Morgan fingerprint density at radius 3 is 1.95 bits per heavy atom. The smallest absolute Gasteiger partial charge is 0.0710 e. The lowest BCUT2D eigenvalue weighted by atomic mass is 9.32. The molecule has 2 rings (SSSR count). The number of hydrogen-bond acceptors (Lipinski definition) is 0. The van der Waals surface area contributed by atoms with Crippen LogP contribution in [0, 0.1) is 20.8 Å². The Morgan fingerprint density at radius 1 is 0.773 bits per heavy atom. The Kier molecular flexibility index (Phi) is 5.16. The van der Waals surface area contributed by atoms with E-state index in [9.17, 15) is 0 Å². The Hall–Kier alpha value is -1.50. The maximum atomic E-state index is 2.35. The number of aryl methyl sites for hydroxylation is 2. The molecule has 0 aromatic heterocycles. The number of rotatable bonds is 4. The van der Waals surface area contributed by atoms with E-state index in [4.69, 9.17) is 0 Å². The summed E-state index contributed by atoms with van der Waals surface area (Å²) in [4.78, 5) is 0. The predicted octanol–water partition coefficient (Wildman–Crippen LogP) is 4.75. The van der Waals surface area contributed by atoms with Gasteiger partial charge >= 0.3 is 0 Å². The van der Waals surface area contributed by atoms with E-state index >= 15 is 0 Å². The number of benzene rings is 2. The summed E-state index contributed by atoms with van der Waals surface area (Å²) in [5, 5.41) is 0. The molecule has 0 aliphatic heterocycles. The van der Waals surface area contributed by atoms with Crippen LogP contribution in [0.4, 0.5) is 0 Å². The van der Waals surface area contributed by atoms with Crippen molar-refractivity contribution >= 4 is 17.6 Å². The second kappa shape index (κ2) is 6.73. The Labute approximate surface area is 137 Å². The van der Waals surface area contributed by atoms with Crippen molar-refractivity contribution in [2.75, 3.05) is 0 Å². The van der Waals surface area contributed by atoms with Crippen molar-refractivity contribution in [2.45, 2.75) is 60.2 Å². The van der Waals surface area contributed by atoms with Crippen LogP contribution >= 0.6 is 0 Å². The molecule has 2 aromatic carbocycles. The lowest BCUT2D eigenvalue weighted by Gasteiger charge is -2.26. The van der Waals surface area contributed by atoms with Gasteiger partial charge in [-0.1, -0.05) is 97.5 Å². The average Bonchev–Trinajstić information content (AvgIpc) is 2.43. The van der Waals surface area contributed by atoms with Crippen molar-refractivity contribution in [3.8, 4) is 0 Å². The van der Waals surface area contributed by atoms with E-state index in [-0.39, 0.29) is 0 Å². The normalized spacial score (nSPS) is 11.3. The van der Waals surface area contributed by atoms with Crippen molar-refractivity contribution in [1.82, 2.24) is 0 Å². The topological polar surface area (TPSA) is 0 Å². The molecule has 2 aromatic rings. The highest BCUT2D eigenvalue weighted by Crippen LogP contribution is 2.22. The minimum atomic E-state index is 0.472. The molecule has 0 bridgehead atoms. The van der Waals surface area contributed by atoms with Gasteiger partial charge in [0.15, 0.2) is 0 Å². The molecular formula is C21H29B. The van der Waals surface area contributed by atoms with Crippen LogP contribution in [0.1, 0.15) is 55.9 Å². The quantitative estimate of drug-likeness (QED) is 0.713. The standard InChI is InChI=1S/C21H29B/c1-14(2)19-13-12-17(6)21(18(19)7)22(15(3)4)20-11-9-8-10-16(20)5/h8-15H,1-7H3. The zero-order chi connectivity index (χ0) is 16.4. The molecule has 0 saturated carbocycles. The summed E-state index contributed by atoms with van der Waals surface area (Å²) in [6, 6.07) is 13.5. The third-order valence-electron chi connectivity index (χ3n) is 4.90. The van der Waals surface area contributed by atoms with Crippen LogP contribution in [-0.2, 0) is 0 Å². The fraction of sp³-hybridized carbons (Fsp3) is 0.429. The van der Waals surface area contributed by atoms with E-state index < -0.39 is 0 Å². The lowest BCUT2D eigenvalue weighted by molar-refractivity contribution is 0.857. The first-order valence-electron chi connectivity index (χ1n) is 8.50. The van der Waals surface area contributed by atoms with Crippen molar-refractivity contribution < 1.29 is 0 Å². The Balaban J connectivity index is 2.69. The lowest BCUT2D eigenvalue weighted by Crippen LogP contribution is -2.48. The van der Waals surface area contributed by atoms with Gasteiger partial charge in [-0.2, -0.15) is 0 Å². The van der Waals surface area contributed by atoms with E-state index in [0.717, 1.165) is 0 Å². The third kappa shape index (κ3) is 3.14. The first-order valence-corrected chi connectivity index (χ1v) is 8.50. The largest absolute Gasteiger partial charge is 0.212 e. The van der Waals surface area contributed by atoms with Crippen LogP contribution in [0.25, 0.3) is 0 Å². The second-order valence-electron chi connectivity index (χ2n) is 7.24. The summed E-state index contributed by atoms with van der Waals surface area (Å²) in [5.74, 6) is 1.16. The van der Waals surface area contributed by atoms with Gasteiger partial charge in [-0.15, -0.1) is 0 Å². The summed E-state index contributed by atoms with van der Waals surface area (Å²) in [5.41, 5.74) is 8.80. The van der Waals surface area contributed by atoms with Crippen LogP contribution in [0.2, 0.25) is 5.82 Å². The maximum absolute atomic E-state index is 2.35. The van der Waals surface area contributed by atoms with Gasteiger partial charge in [0.25, 0.3) is 0 Å². The van der Waals surface area contributed by atoms with Gasteiger partial charge in [-0.3, -0.25) is 0 Å². The molecule has 0 amide bonds. The van der Waals surface area contributed by atoms with Crippen LogP contribution in [-0.4, -0.2) is 6.71 Å². The highest BCUT2D eigenvalue weighted by Gasteiger charge is 2.28. The first-order chi connectivity index (χ1) is 10.3. The predicted molar refractivity (Wildman–Crippen MR) is 101 cm³/mol. The highest BCUT2D eigenvalue weighted by molar-refractivity contribution is 6.87. The van der Waals surface area contributed by atoms with Gasteiger partial charge < -0.3 is 0 Å². The van der Waals surface area contributed by atoms with Gasteiger partial charge in [0.05, 0.1) is 0 Å². The molecular weight excluding hydrogens is 263 g/mol. The fourth-order valence-corrected chi connectivity index (χ4v) is 3.77. The maximum Gasteiger partial charge on any atom is 0.212 e. The monoisotopic (exact) mass is 292 g/mol. The van der Waals surface area contributed by atoms with Crippen molar-refractivity contribution in [2.24, 2.45) is 0 Å². The van der Waals surface area contributed by atoms with Crippen LogP contribution in [0.3, 0.4) is 0 Å². The molecule has 1 heteroatoms. The summed E-state index contributed by atoms with van der Waals surface area (Å²) in [6.45, 7) is 16.6. The summed E-state index contributed by atoms with van der Waals surface area (Å²) in [6.07, 6.45) is 0. The average molecular weight is 292 g/mol. The molecule has 116 valence electrons. The van der Waals surface area contributed by atoms with E-state index in [0.29, 0.717) is 18.4 Å². The fourth-order valence-electron chi connectivity index (χ4n) is 3.77. The van der Waals surface area contributed by atoms with E-state index in [1.54, 1.807) is 0 Å². The molecule has 0 aliphatic carbocycles. The first kappa shape index (κ1) is 16.9. The Bertz CT molecular complexity index is 653.